The number of likely N-dealkylation sites (tertiary alicyclic amines) is 1. The number of methoxy groups -OCH3 is 1. The second-order valence-corrected chi connectivity index (χ2v) is 6.51. The van der Waals surface area contributed by atoms with E-state index in [0.29, 0.717) is 11.5 Å². The maximum Gasteiger partial charge on any atom is 0.255 e. The van der Waals surface area contributed by atoms with Crippen LogP contribution in [0.25, 0.3) is 10.9 Å². The molecule has 0 spiro atoms. The Labute approximate surface area is 146 Å². The third-order valence-corrected chi connectivity index (χ3v) is 4.91. The molecular formula is C20H21N3O2. The van der Waals surface area contributed by atoms with E-state index in [1.807, 2.05) is 29.2 Å². The first-order chi connectivity index (χ1) is 12.2. The smallest absolute Gasteiger partial charge is 0.255 e. The number of hydrogen-bond acceptors (Lipinski definition) is 3. The first-order valence-electron chi connectivity index (χ1n) is 8.60. The van der Waals surface area contributed by atoms with Crippen molar-refractivity contribution < 1.29 is 9.53 Å². The lowest BCUT2D eigenvalue weighted by atomic mass is 9.94. The van der Waals surface area contributed by atoms with Gasteiger partial charge in [0.1, 0.15) is 5.75 Å². The van der Waals surface area contributed by atoms with Gasteiger partial charge in [0.2, 0.25) is 0 Å². The molecule has 5 nitrogen and oxygen atoms in total. The van der Waals surface area contributed by atoms with E-state index >= 15 is 0 Å². The molecule has 1 atom stereocenters. The van der Waals surface area contributed by atoms with Crippen LogP contribution in [-0.4, -0.2) is 41.0 Å². The summed E-state index contributed by atoms with van der Waals surface area (Å²) in [6.07, 6.45) is 5.42. The number of H-pyrrole nitrogens is 1. The topological polar surface area (TPSA) is 58.2 Å². The number of piperidine rings is 1. The fourth-order valence-corrected chi connectivity index (χ4v) is 3.57. The summed E-state index contributed by atoms with van der Waals surface area (Å²) in [5, 5.41) is 1.14. The van der Waals surface area contributed by atoms with Gasteiger partial charge in [-0.05, 0) is 49.2 Å². The van der Waals surface area contributed by atoms with Crippen LogP contribution in [-0.2, 0) is 0 Å². The molecule has 1 amide bonds. The number of hydrogen-bond donors (Lipinski definition) is 1. The Hall–Kier alpha value is -2.82. The van der Waals surface area contributed by atoms with Gasteiger partial charge in [0.05, 0.1) is 12.7 Å². The summed E-state index contributed by atoms with van der Waals surface area (Å²) in [5.41, 5.74) is 2.95. The first-order valence-corrected chi connectivity index (χ1v) is 8.60. The average molecular weight is 335 g/mol. The molecule has 1 aliphatic heterocycles. The summed E-state index contributed by atoms with van der Waals surface area (Å²) in [6, 6.07) is 11.9. The first kappa shape index (κ1) is 15.7. The second-order valence-electron chi connectivity index (χ2n) is 6.51. The summed E-state index contributed by atoms with van der Waals surface area (Å²) in [6.45, 7) is 1.54. The molecule has 0 aliphatic carbocycles. The molecule has 128 valence electrons. The number of ether oxygens (including phenoxy) is 1. The Bertz CT molecular complexity index is 888. The minimum Gasteiger partial charge on any atom is -0.497 e. The lowest BCUT2D eigenvalue weighted by molar-refractivity contribution is 0.0705. The summed E-state index contributed by atoms with van der Waals surface area (Å²) >= 11 is 0. The molecule has 1 aromatic carbocycles. The van der Waals surface area contributed by atoms with Gasteiger partial charge in [-0.3, -0.25) is 9.78 Å². The standard InChI is InChI=1S/C20H21N3O2/c1-25-17-6-7-18-16(10-17)11-19(22-18)15-5-3-9-23(13-15)20(24)14-4-2-8-21-12-14/h2,4,6-8,10-12,15,22H,3,5,9,13H2,1H3. The number of carbonyl (C=O) groups excluding carboxylic acids is 1. The monoisotopic (exact) mass is 335 g/mol. The molecule has 1 N–H and O–H groups in total. The molecule has 0 radical (unpaired) electrons. The van der Waals surface area contributed by atoms with Gasteiger partial charge in [0.25, 0.3) is 5.91 Å². The molecule has 3 aromatic rings. The molecule has 4 rings (SSSR count). The maximum atomic E-state index is 12.7. The highest BCUT2D eigenvalue weighted by molar-refractivity contribution is 5.94. The molecular weight excluding hydrogens is 314 g/mol. The van der Waals surface area contributed by atoms with E-state index in [1.54, 1.807) is 25.6 Å². The quantitative estimate of drug-likeness (QED) is 0.796. The van der Waals surface area contributed by atoms with Crippen LogP contribution in [0.3, 0.4) is 0 Å². The van der Waals surface area contributed by atoms with E-state index in [1.165, 1.54) is 5.69 Å². The van der Waals surface area contributed by atoms with Gasteiger partial charge in [-0.2, -0.15) is 0 Å². The highest BCUT2D eigenvalue weighted by Crippen LogP contribution is 2.30. The molecule has 0 saturated carbocycles. The fraction of sp³-hybridized carbons (Fsp3) is 0.300. The van der Waals surface area contributed by atoms with Crippen LogP contribution in [0.15, 0.2) is 48.8 Å². The predicted octanol–water partition coefficient (Wildman–Crippen LogP) is 3.59. The number of nitrogens with zero attached hydrogens (tertiary/aromatic N) is 2. The van der Waals surface area contributed by atoms with Crippen molar-refractivity contribution in [3.05, 3.63) is 60.0 Å². The van der Waals surface area contributed by atoms with Gasteiger partial charge < -0.3 is 14.6 Å². The number of carbonyl (C=O) groups is 1. The van der Waals surface area contributed by atoms with E-state index < -0.39 is 0 Å². The Balaban J connectivity index is 1.56. The van der Waals surface area contributed by atoms with Crippen molar-refractivity contribution in [3.63, 3.8) is 0 Å². The Morgan fingerprint density at radius 1 is 1.32 bits per heavy atom. The van der Waals surface area contributed by atoms with Crippen LogP contribution < -0.4 is 4.74 Å². The summed E-state index contributed by atoms with van der Waals surface area (Å²) in [4.78, 5) is 22.2. The zero-order chi connectivity index (χ0) is 17.2. The van der Waals surface area contributed by atoms with Crippen LogP contribution in [0.1, 0.15) is 34.8 Å². The van der Waals surface area contributed by atoms with Crippen molar-refractivity contribution in [1.82, 2.24) is 14.9 Å². The van der Waals surface area contributed by atoms with Crippen LogP contribution in [0.4, 0.5) is 0 Å². The highest BCUT2D eigenvalue weighted by atomic mass is 16.5. The molecule has 1 aliphatic rings. The van der Waals surface area contributed by atoms with Crippen LogP contribution in [0, 0.1) is 0 Å². The fourth-order valence-electron chi connectivity index (χ4n) is 3.57. The van der Waals surface area contributed by atoms with Crippen molar-refractivity contribution in [2.75, 3.05) is 20.2 Å². The van der Waals surface area contributed by atoms with Crippen LogP contribution in [0.5, 0.6) is 5.75 Å². The molecule has 0 bridgehead atoms. The van der Waals surface area contributed by atoms with E-state index in [-0.39, 0.29) is 5.91 Å². The lowest BCUT2D eigenvalue weighted by Gasteiger charge is -2.32. The normalized spacial score (nSPS) is 17.6. The predicted molar refractivity (Wildman–Crippen MR) is 97.0 cm³/mol. The zero-order valence-corrected chi connectivity index (χ0v) is 14.2. The molecule has 1 fully saturated rings. The molecule has 25 heavy (non-hydrogen) atoms. The third kappa shape index (κ3) is 3.09. The maximum absolute atomic E-state index is 12.7. The van der Waals surface area contributed by atoms with Crippen LogP contribution >= 0.6 is 0 Å². The van der Waals surface area contributed by atoms with Gasteiger partial charge in [-0.15, -0.1) is 0 Å². The molecule has 5 heteroatoms. The van der Waals surface area contributed by atoms with E-state index in [2.05, 4.69) is 16.0 Å². The Kier molecular flexibility index (Phi) is 4.14. The van der Waals surface area contributed by atoms with Gasteiger partial charge in [0.15, 0.2) is 0 Å². The van der Waals surface area contributed by atoms with Crippen LogP contribution in [0.2, 0.25) is 0 Å². The molecule has 1 unspecified atom stereocenters. The minimum absolute atomic E-state index is 0.0654. The molecule has 3 heterocycles. The average Bonchev–Trinajstić information content (AvgIpc) is 3.11. The van der Waals surface area contributed by atoms with Crippen molar-refractivity contribution in [2.45, 2.75) is 18.8 Å². The Morgan fingerprint density at radius 2 is 2.24 bits per heavy atom. The number of rotatable bonds is 3. The van der Waals surface area contributed by atoms with Gasteiger partial charge in [-0.25, -0.2) is 0 Å². The SMILES string of the molecule is COc1ccc2[nH]c(C3CCCN(C(=O)c4cccnc4)C3)cc2c1. The molecule has 1 saturated heterocycles. The Morgan fingerprint density at radius 3 is 3.04 bits per heavy atom. The van der Waals surface area contributed by atoms with Crippen molar-refractivity contribution in [3.8, 4) is 5.75 Å². The summed E-state index contributed by atoms with van der Waals surface area (Å²) in [7, 11) is 1.68. The number of fused-ring (bicyclic) bond motifs is 1. The number of nitrogens with one attached hydrogen (secondary N) is 1. The summed E-state index contributed by atoms with van der Waals surface area (Å²) < 4.78 is 5.30. The number of benzene rings is 1. The van der Waals surface area contributed by atoms with E-state index in [4.69, 9.17) is 4.74 Å². The molecule has 2 aromatic heterocycles. The van der Waals surface area contributed by atoms with E-state index in [9.17, 15) is 4.79 Å². The number of aromatic nitrogens is 2. The highest BCUT2D eigenvalue weighted by Gasteiger charge is 2.26. The number of amides is 1. The lowest BCUT2D eigenvalue weighted by Crippen LogP contribution is -2.39. The second kappa shape index (κ2) is 6.59. The third-order valence-electron chi connectivity index (χ3n) is 4.91. The largest absolute Gasteiger partial charge is 0.497 e. The van der Waals surface area contributed by atoms with Crippen molar-refractivity contribution in [1.29, 1.82) is 0 Å². The zero-order valence-electron chi connectivity index (χ0n) is 14.2. The minimum atomic E-state index is 0.0654. The van der Waals surface area contributed by atoms with Crippen molar-refractivity contribution >= 4 is 16.8 Å². The van der Waals surface area contributed by atoms with E-state index in [0.717, 1.165) is 42.6 Å². The van der Waals surface area contributed by atoms with Crippen molar-refractivity contribution in [2.24, 2.45) is 0 Å². The van der Waals surface area contributed by atoms with Gasteiger partial charge in [-0.1, -0.05) is 0 Å². The van der Waals surface area contributed by atoms with Gasteiger partial charge in [0, 0.05) is 48.0 Å². The number of pyridine rings is 1. The number of aromatic amines is 1. The summed E-state index contributed by atoms with van der Waals surface area (Å²) in [5.74, 6) is 1.25. The van der Waals surface area contributed by atoms with Gasteiger partial charge >= 0.3 is 0 Å².